The van der Waals surface area contributed by atoms with Gasteiger partial charge in [0.05, 0.1) is 11.8 Å². The summed E-state index contributed by atoms with van der Waals surface area (Å²) in [7, 11) is 0. The smallest absolute Gasteiger partial charge is 0.187 e. The number of aromatic nitrogens is 2. The first-order chi connectivity index (χ1) is 9.16. The second-order valence-corrected chi connectivity index (χ2v) is 5.26. The molecule has 4 nitrogen and oxygen atoms in total. The van der Waals surface area contributed by atoms with E-state index in [9.17, 15) is 0 Å². The highest BCUT2D eigenvalue weighted by Gasteiger charge is 2.15. The molecule has 0 fully saturated rings. The molecule has 2 aromatic rings. The number of hydrogen-bond donors (Lipinski definition) is 2. The zero-order chi connectivity index (χ0) is 13.7. The second kappa shape index (κ2) is 6.33. The summed E-state index contributed by atoms with van der Waals surface area (Å²) in [5, 5.41) is 8.43. The Hall–Kier alpha value is -1.88. The molecule has 0 aliphatic heterocycles. The van der Waals surface area contributed by atoms with Gasteiger partial charge in [-0.1, -0.05) is 42.1 Å². The van der Waals surface area contributed by atoms with Gasteiger partial charge in [0.2, 0.25) is 0 Å². The lowest BCUT2D eigenvalue weighted by Gasteiger charge is -2.14. The van der Waals surface area contributed by atoms with Crippen LogP contribution in [0.25, 0.3) is 0 Å². The summed E-state index contributed by atoms with van der Waals surface area (Å²) in [6.45, 7) is 1.96. The maximum Gasteiger partial charge on any atom is 0.187 e. The van der Waals surface area contributed by atoms with Crippen LogP contribution in [-0.4, -0.2) is 21.6 Å². The average Bonchev–Trinajstić information content (AvgIpc) is 2.42. The minimum atomic E-state index is -0.101. The number of nitrogens with two attached hydrogens (primary N) is 1. The van der Waals surface area contributed by atoms with E-state index in [0.29, 0.717) is 10.9 Å². The summed E-state index contributed by atoms with van der Waals surface area (Å²) in [5.41, 5.74) is 7.77. The average molecular weight is 272 g/mol. The van der Waals surface area contributed by atoms with Crippen LogP contribution in [0.1, 0.15) is 17.0 Å². The van der Waals surface area contributed by atoms with E-state index in [1.807, 2.05) is 37.3 Å². The Morgan fingerprint density at radius 3 is 2.47 bits per heavy atom. The Kier molecular flexibility index (Phi) is 4.52. The van der Waals surface area contributed by atoms with E-state index in [2.05, 4.69) is 9.97 Å². The van der Waals surface area contributed by atoms with Gasteiger partial charge in [0.1, 0.15) is 0 Å². The number of rotatable bonds is 5. The van der Waals surface area contributed by atoms with Crippen LogP contribution in [0.4, 0.5) is 0 Å². The fraction of sp³-hybridized carbons (Fsp3) is 0.214. The predicted octanol–water partition coefficient (Wildman–Crippen LogP) is 2.60. The number of hydrogen-bond acceptors (Lipinski definition) is 4. The van der Waals surface area contributed by atoms with E-state index in [1.54, 1.807) is 12.4 Å². The van der Waals surface area contributed by atoms with E-state index in [-0.39, 0.29) is 11.8 Å². The van der Waals surface area contributed by atoms with Crippen molar-refractivity contribution in [3.05, 3.63) is 53.9 Å². The van der Waals surface area contributed by atoms with Gasteiger partial charge in [-0.25, -0.2) is 9.97 Å². The molecule has 0 bridgehead atoms. The molecule has 0 amide bonds. The highest BCUT2D eigenvalue weighted by Crippen LogP contribution is 2.23. The number of aryl methyl sites for hydroxylation is 1. The Balaban J connectivity index is 2.06. The van der Waals surface area contributed by atoms with Gasteiger partial charge >= 0.3 is 0 Å². The van der Waals surface area contributed by atoms with Crippen LogP contribution in [0.5, 0.6) is 0 Å². The van der Waals surface area contributed by atoms with Crippen LogP contribution in [-0.2, 0) is 0 Å². The molecule has 0 spiro atoms. The standard InChI is InChI=1S/C14H16N4S/c1-10-7-17-14(18-8-10)19-9-12(13(15)16)11-5-3-2-4-6-11/h2-8,12H,9H2,1H3,(H3,15,16). The first-order valence-corrected chi connectivity index (χ1v) is 6.95. The Morgan fingerprint density at radius 2 is 1.89 bits per heavy atom. The lowest BCUT2D eigenvalue weighted by atomic mass is 10.0. The van der Waals surface area contributed by atoms with E-state index >= 15 is 0 Å². The van der Waals surface area contributed by atoms with Crippen LogP contribution in [0, 0.1) is 12.3 Å². The molecule has 1 aromatic carbocycles. The maximum absolute atomic E-state index is 7.71. The molecule has 5 heteroatoms. The zero-order valence-electron chi connectivity index (χ0n) is 10.7. The van der Waals surface area contributed by atoms with Gasteiger partial charge in [-0.2, -0.15) is 0 Å². The Labute approximate surface area is 117 Å². The lowest BCUT2D eigenvalue weighted by Crippen LogP contribution is -2.22. The maximum atomic E-state index is 7.71. The highest BCUT2D eigenvalue weighted by atomic mass is 32.2. The molecule has 1 unspecified atom stereocenters. The fourth-order valence-electron chi connectivity index (χ4n) is 1.66. The van der Waals surface area contributed by atoms with Crippen molar-refractivity contribution in [1.82, 2.24) is 9.97 Å². The largest absolute Gasteiger partial charge is 0.387 e. The van der Waals surface area contributed by atoms with E-state index < -0.39 is 0 Å². The first kappa shape index (κ1) is 13.5. The molecular weight excluding hydrogens is 256 g/mol. The minimum absolute atomic E-state index is 0.101. The summed E-state index contributed by atoms with van der Waals surface area (Å²) in [4.78, 5) is 8.49. The van der Waals surface area contributed by atoms with E-state index in [1.165, 1.54) is 11.8 Å². The molecule has 2 rings (SSSR count). The van der Waals surface area contributed by atoms with Crippen LogP contribution in [0.3, 0.4) is 0 Å². The Bertz CT molecular complexity index is 539. The SMILES string of the molecule is Cc1cnc(SCC(C(=N)N)c2ccccc2)nc1. The van der Waals surface area contributed by atoms with Gasteiger partial charge in [-0.15, -0.1) is 0 Å². The van der Waals surface area contributed by atoms with Crippen LogP contribution in [0.2, 0.25) is 0 Å². The molecule has 1 heterocycles. The van der Waals surface area contributed by atoms with Crippen LogP contribution >= 0.6 is 11.8 Å². The van der Waals surface area contributed by atoms with Gasteiger partial charge in [0.15, 0.2) is 5.16 Å². The van der Waals surface area contributed by atoms with Crippen molar-refractivity contribution in [2.75, 3.05) is 5.75 Å². The number of thioether (sulfide) groups is 1. The first-order valence-electron chi connectivity index (χ1n) is 5.97. The predicted molar refractivity (Wildman–Crippen MR) is 78.6 cm³/mol. The number of nitrogens with zero attached hydrogens (tertiary/aromatic N) is 2. The molecule has 3 N–H and O–H groups in total. The van der Waals surface area contributed by atoms with E-state index in [0.717, 1.165) is 11.1 Å². The molecular formula is C14H16N4S. The molecule has 1 atom stereocenters. The van der Waals surface area contributed by atoms with Gasteiger partial charge in [-0.05, 0) is 18.1 Å². The Morgan fingerprint density at radius 1 is 1.26 bits per heavy atom. The summed E-state index contributed by atoms with van der Waals surface area (Å²) in [6, 6.07) is 9.85. The normalized spacial score (nSPS) is 12.1. The minimum Gasteiger partial charge on any atom is -0.387 e. The molecule has 19 heavy (non-hydrogen) atoms. The molecule has 0 aliphatic carbocycles. The van der Waals surface area contributed by atoms with E-state index in [4.69, 9.17) is 11.1 Å². The van der Waals surface area contributed by atoms with Crippen molar-refractivity contribution in [2.45, 2.75) is 18.0 Å². The van der Waals surface area contributed by atoms with Crippen molar-refractivity contribution in [1.29, 1.82) is 5.41 Å². The number of nitrogens with one attached hydrogen (secondary N) is 1. The number of benzene rings is 1. The zero-order valence-corrected chi connectivity index (χ0v) is 11.5. The van der Waals surface area contributed by atoms with Crippen molar-refractivity contribution in [3.8, 4) is 0 Å². The van der Waals surface area contributed by atoms with Crippen molar-refractivity contribution in [2.24, 2.45) is 5.73 Å². The van der Waals surface area contributed by atoms with Gasteiger partial charge < -0.3 is 5.73 Å². The summed E-state index contributed by atoms with van der Waals surface area (Å²) in [6.07, 6.45) is 3.58. The molecule has 0 radical (unpaired) electrons. The second-order valence-electron chi connectivity index (χ2n) is 4.27. The summed E-state index contributed by atoms with van der Waals surface area (Å²) in [5.74, 6) is 0.740. The molecule has 0 aliphatic rings. The van der Waals surface area contributed by atoms with Gasteiger partial charge in [0.25, 0.3) is 0 Å². The summed E-state index contributed by atoms with van der Waals surface area (Å²) < 4.78 is 0. The molecule has 0 saturated heterocycles. The van der Waals surface area contributed by atoms with Gasteiger partial charge in [-0.3, -0.25) is 5.41 Å². The van der Waals surface area contributed by atoms with Crippen molar-refractivity contribution >= 4 is 17.6 Å². The molecule has 98 valence electrons. The molecule has 1 aromatic heterocycles. The third-order valence-electron chi connectivity index (χ3n) is 2.71. The van der Waals surface area contributed by atoms with Gasteiger partial charge in [0, 0.05) is 18.1 Å². The molecule has 0 saturated carbocycles. The van der Waals surface area contributed by atoms with Crippen molar-refractivity contribution < 1.29 is 0 Å². The third-order valence-corrected chi connectivity index (χ3v) is 3.68. The fourth-order valence-corrected chi connectivity index (χ4v) is 2.61. The van der Waals surface area contributed by atoms with Crippen LogP contribution < -0.4 is 5.73 Å². The third kappa shape index (κ3) is 3.79. The summed E-state index contributed by atoms with van der Waals surface area (Å²) >= 11 is 1.52. The lowest BCUT2D eigenvalue weighted by molar-refractivity contribution is 0.938. The monoisotopic (exact) mass is 272 g/mol. The van der Waals surface area contributed by atoms with Crippen LogP contribution in [0.15, 0.2) is 47.9 Å². The number of amidine groups is 1. The topological polar surface area (TPSA) is 75.7 Å². The quantitative estimate of drug-likeness (QED) is 0.380. The van der Waals surface area contributed by atoms with Crippen molar-refractivity contribution in [3.63, 3.8) is 0 Å². The highest BCUT2D eigenvalue weighted by molar-refractivity contribution is 7.99.